The summed E-state index contributed by atoms with van der Waals surface area (Å²) in [5.41, 5.74) is 7.14. The number of nitrogens with two attached hydrogens (primary N) is 1. The highest BCUT2D eigenvalue weighted by Crippen LogP contribution is 2.24. The van der Waals surface area contributed by atoms with Crippen LogP contribution >= 0.6 is 0 Å². The van der Waals surface area contributed by atoms with Crippen molar-refractivity contribution in [1.29, 1.82) is 0 Å². The molecule has 0 radical (unpaired) electrons. The van der Waals surface area contributed by atoms with Gasteiger partial charge in [0.15, 0.2) is 5.69 Å². The van der Waals surface area contributed by atoms with Gasteiger partial charge in [0, 0.05) is 12.2 Å². The molecule has 1 aromatic heterocycles. The predicted molar refractivity (Wildman–Crippen MR) is 81.2 cm³/mol. The van der Waals surface area contributed by atoms with E-state index in [0.29, 0.717) is 18.2 Å². The minimum Gasteiger partial charge on any atom is -0.348 e. The Balaban J connectivity index is 1.70. The van der Waals surface area contributed by atoms with E-state index in [2.05, 4.69) is 10.4 Å². The topological polar surface area (TPSA) is 72.9 Å². The van der Waals surface area contributed by atoms with Crippen LogP contribution in [0.2, 0.25) is 0 Å². The van der Waals surface area contributed by atoms with Crippen molar-refractivity contribution in [3.8, 4) is 5.69 Å². The van der Waals surface area contributed by atoms with Gasteiger partial charge in [-0.1, -0.05) is 24.6 Å². The lowest BCUT2D eigenvalue weighted by atomic mass is 10.0. The highest BCUT2D eigenvalue weighted by molar-refractivity contribution is 5.92. The van der Waals surface area contributed by atoms with Gasteiger partial charge in [-0.3, -0.25) is 4.79 Å². The molecule has 5 nitrogen and oxygen atoms in total. The molecule has 0 saturated heterocycles. The predicted octanol–water partition coefficient (Wildman–Crippen LogP) is 1.73. The summed E-state index contributed by atoms with van der Waals surface area (Å²) < 4.78 is 1.71. The Morgan fingerprint density at radius 2 is 2.10 bits per heavy atom. The van der Waals surface area contributed by atoms with Crippen molar-refractivity contribution in [2.75, 3.05) is 6.54 Å². The van der Waals surface area contributed by atoms with Crippen LogP contribution in [0.5, 0.6) is 0 Å². The van der Waals surface area contributed by atoms with Gasteiger partial charge in [0.05, 0.1) is 5.69 Å². The van der Waals surface area contributed by atoms with Crippen LogP contribution in [-0.4, -0.2) is 28.3 Å². The summed E-state index contributed by atoms with van der Waals surface area (Å²) in [7, 11) is 0. The van der Waals surface area contributed by atoms with Crippen molar-refractivity contribution in [3.05, 3.63) is 48.3 Å². The fourth-order valence-electron chi connectivity index (χ4n) is 2.92. The maximum Gasteiger partial charge on any atom is 0.272 e. The average Bonchev–Trinajstić information content (AvgIpc) is 3.17. The van der Waals surface area contributed by atoms with E-state index in [4.69, 9.17) is 5.73 Å². The third-order valence-corrected chi connectivity index (χ3v) is 4.12. The molecule has 1 aliphatic carbocycles. The first-order chi connectivity index (χ1) is 10.3. The van der Waals surface area contributed by atoms with Crippen LogP contribution in [0, 0.1) is 5.92 Å². The molecule has 0 bridgehead atoms. The number of amides is 1. The summed E-state index contributed by atoms with van der Waals surface area (Å²) in [5.74, 6) is 0.278. The van der Waals surface area contributed by atoms with E-state index in [1.165, 1.54) is 0 Å². The largest absolute Gasteiger partial charge is 0.348 e. The lowest BCUT2D eigenvalue weighted by Gasteiger charge is -2.18. The van der Waals surface area contributed by atoms with E-state index < -0.39 is 0 Å². The van der Waals surface area contributed by atoms with Crippen LogP contribution < -0.4 is 11.1 Å². The average molecular weight is 284 g/mol. The van der Waals surface area contributed by atoms with E-state index in [1.807, 2.05) is 30.3 Å². The second kappa shape index (κ2) is 6.10. The number of para-hydroxylation sites is 1. The van der Waals surface area contributed by atoms with Crippen LogP contribution in [0.1, 0.15) is 29.8 Å². The Hall–Kier alpha value is -2.14. The van der Waals surface area contributed by atoms with Crippen molar-refractivity contribution in [2.45, 2.75) is 25.3 Å². The fourth-order valence-corrected chi connectivity index (χ4v) is 2.92. The molecular weight excluding hydrogens is 264 g/mol. The number of aromatic nitrogens is 2. The zero-order valence-corrected chi connectivity index (χ0v) is 11.9. The molecule has 21 heavy (non-hydrogen) atoms. The highest BCUT2D eigenvalue weighted by Gasteiger charge is 2.28. The Morgan fingerprint density at radius 1 is 1.29 bits per heavy atom. The number of carbonyl (C=O) groups is 1. The molecule has 2 aromatic rings. The van der Waals surface area contributed by atoms with Gasteiger partial charge >= 0.3 is 0 Å². The van der Waals surface area contributed by atoms with E-state index in [0.717, 1.165) is 24.9 Å². The number of carbonyl (C=O) groups excluding carboxylic acids is 1. The molecule has 3 rings (SSSR count). The van der Waals surface area contributed by atoms with Crippen LogP contribution in [0.3, 0.4) is 0 Å². The summed E-state index contributed by atoms with van der Waals surface area (Å²) in [6.45, 7) is 0.628. The third kappa shape index (κ3) is 2.97. The van der Waals surface area contributed by atoms with Crippen molar-refractivity contribution >= 4 is 5.91 Å². The minimum atomic E-state index is -0.116. The zero-order chi connectivity index (χ0) is 14.7. The van der Waals surface area contributed by atoms with Gasteiger partial charge in [-0.25, -0.2) is 4.68 Å². The number of nitrogens with zero attached hydrogens (tertiary/aromatic N) is 2. The van der Waals surface area contributed by atoms with Crippen molar-refractivity contribution in [3.63, 3.8) is 0 Å². The first-order valence-corrected chi connectivity index (χ1v) is 7.40. The Morgan fingerprint density at radius 3 is 2.86 bits per heavy atom. The first kappa shape index (κ1) is 13.8. The zero-order valence-electron chi connectivity index (χ0n) is 11.9. The van der Waals surface area contributed by atoms with Crippen LogP contribution in [-0.2, 0) is 0 Å². The van der Waals surface area contributed by atoms with Gasteiger partial charge in [0.2, 0.25) is 0 Å². The number of hydrogen-bond acceptors (Lipinski definition) is 3. The van der Waals surface area contributed by atoms with Gasteiger partial charge in [0.1, 0.15) is 0 Å². The monoisotopic (exact) mass is 284 g/mol. The maximum atomic E-state index is 12.3. The molecule has 1 aliphatic rings. The Bertz CT molecular complexity index is 608. The number of rotatable bonds is 4. The van der Waals surface area contributed by atoms with Crippen molar-refractivity contribution in [2.24, 2.45) is 11.7 Å². The number of hydrogen-bond donors (Lipinski definition) is 2. The minimum absolute atomic E-state index is 0.116. The number of nitrogens with one attached hydrogen (secondary N) is 1. The van der Waals surface area contributed by atoms with E-state index >= 15 is 0 Å². The second-order valence-electron chi connectivity index (χ2n) is 5.49. The van der Waals surface area contributed by atoms with Gasteiger partial charge in [-0.15, -0.1) is 0 Å². The van der Waals surface area contributed by atoms with E-state index in [9.17, 15) is 4.79 Å². The summed E-state index contributed by atoms with van der Waals surface area (Å²) >= 11 is 0. The van der Waals surface area contributed by atoms with Gasteiger partial charge in [-0.05, 0) is 43.5 Å². The Kier molecular flexibility index (Phi) is 4.01. The van der Waals surface area contributed by atoms with Crippen LogP contribution in [0.15, 0.2) is 42.6 Å². The maximum absolute atomic E-state index is 12.3. The fraction of sp³-hybridized carbons (Fsp3) is 0.375. The van der Waals surface area contributed by atoms with E-state index in [1.54, 1.807) is 16.9 Å². The molecule has 3 N–H and O–H groups in total. The molecule has 1 amide bonds. The molecule has 2 unspecified atom stereocenters. The molecule has 0 spiro atoms. The molecular formula is C16H20N4O. The second-order valence-corrected chi connectivity index (χ2v) is 5.49. The lowest BCUT2D eigenvalue weighted by Crippen LogP contribution is -2.40. The van der Waals surface area contributed by atoms with Crippen molar-refractivity contribution in [1.82, 2.24) is 15.1 Å². The molecule has 1 aromatic carbocycles. The molecule has 2 atom stereocenters. The SMILES string of the molecule is NCC1CCCC1NC(=O)c1ccn(-c2ccccc2)n1. The summed E-state index contributed by atoms with van der Waals surface area (Å²) in [5, 5.41) is 7.41. The smallest absolute Gasteiger partial charge is 0.272 e. The molecule has 110 valence electrons. The molecule has 1 saturated carbocycles. The molecule has 5 heteroatoms. The third-order valence-electron chi connectivity index (χ3n) is 4.12. The van der Waals surface area contributed by atoms with Crippen LogP contribution in [0.4, 0.5) is 0 Å². The standard InChI is InChI=1S/C16H20N4O/c17-11-12-5-4-8-14(12)18-16(21)15-9-10-20(19-15)13-6-2-1-3-7-13/h1-3,6-7,9-10,12,14H,4-5,8,11,17H2,(H,18,21). The van der Waals surface area contributed by atoms with Crippen molar-refractivity contribution < 1.29 is 4.79 Å². The Labute approximate surface area is 124 Å². The lowest BCUT2D eigenvalue weighted by molar-refractivity contribution is 0.0923. The highest BCUT2D eigenvalue weighted by atomic mass is 16.2. The normalized spacial score (nSPS) is 21.4. The molecule has 1 fully saturated rings. The summed E-state index contributed by atoms with van der Waals surface area (Å²) in [6.07, 6.45) is 5.04. The summed E-state index contributed by atoms with van der Waals surface area (Å²) in [4.78, 5) is 12.3. The van der Waals surface area contributed by atoms with Crippen LogP contribution in [0.25, 0.3) is 5.69 Å². The van der Waals surface area contributed by atoms with Gasteiger partial charge in [-0.2, -0.15) is 5.10 Å². The first-order valence-electron chi connectivity index (χ1n) is 7.40. The molecule has 0 aliphatic heterocycles. The van der Waals surface area contributed by atoms with Gasteiger partial charge < -0.3 is 11.1 Å². The molecule has 1 heterocycles. The number of benzene rings is 1. The van der Waals surface area contributed by atoms with Gasteiger partial charge in [0.25, 0.3) is 5.91 Å². The quantitative estimate of drug-likeness (QED) is 0.898. The summed E-state index contributed by atoms with van der Waals surface area (Å²) in [6, 6.07) is 11.7. The van der Waals surface area contributed by atoms with E-state index in [-0.39, 0.29) is 11.9 Å².